The number of methoxy groups -OCH3 is 2. The van der Waals surface area contributed by atoms with E-state index >= 15 is 0 Å². The molecule has 0 unspecified atom stereocenters. The monoisotopic (exact) mass is 542 g/mol. The molecule has 0 bridgehead atoms. The molecule has 0 aliphatic heterocycles. The van der Waals surface area contributed by atoms with Crippen LogP contribution in [-0.4, -0.2) is 52.8 Å². The molecule has 0 aliphatic carbocycles. The molecule has 0 aliphatic rings. The zero-order chi connectivity index (χ0) is 27.7. The predicted octanol–water partition coefficient (Wildman–Crippen LogP) is 3.36. The van der Waals surface area contributed by atoms with Gasteiger partial charge in [0.15, 0.2) is 4.90 Å². The summed E-state index contributed by atoms with van der Waals surface area (Å²) in [5.41, 5.74) is 2.28. The third-order valence-electron chi connectivity index (χ3n) is 5.17. The minimum absolute atomic E-state index is 0.0305. The van der Waals surface area contributed by atoms with Crippen LogP contribution in [0.4, 0.5) is 11.4 Å². The summed E-state index contributed by atoms with van der Waals surface area (Å²) in [4.78, 5) is 23.0. The molecule has 0 saturated carbocycles. The van der Waals surface area contributed by atoms with Crippen LogP contribution in [0.5, 0.6) is 17.2 Å². The van der Waals surface area contributed by atoms with E-state index in [9.17, 15) is 23.3 Å². The Balaban J connectivity index is 1.95. The number of nitro groups is 1. The van der Waals surface area contributed by atoms with Gasteiger partial charge in [-0.2, -0.15) is 5.10 Å². The lowest BCUT2D eigenvalue weighted by Crippen LogP contribution is -2.40. The Bertz CT molecular complexity index is 1430. The number of nitro benzene ring substituents is 1. The first-order chi connectivity index (χ1) is 18.2. The normalized spacial score (nSPS) is 11.1. The summed E-state index contributed by atoms with van der Waals surface area (Å²) in [5, 5.41) is 15.5. The van der Waals surface area contributed by atoms with E-state index in [-0.39, 0.29) is 11.4 Å². The maximum atomic E-state index is 13.7. The third-order valence-corrected chi connectivity index (χ3v) is 6.97. The highest BCUT2D eigenvalue weighted by Crippen LogP contribution is 2.37. The van der Waals surface area contributed by atoms with Gasteiger partial charge in [-0.3, -0.25) is 19.2 Å². The van der Waals surface area contributed by atoms with Gasteiger partial charge in [-0.25, -0.2) is 13.8 Å². The molecule has 0 heterocycles. The van der Waals surface area contributed by atoms with Gasteiger partial charge in [0.2, 0.25) is 0 Å². The number of sulfonamides is 1. The number of anilines is 1. The molecule has 0 aromatic heterocycles. The molecule has 12 nitrogen and oxygen atoms in total. The number of hydrazone groups is 1. The summed E-state index contributed by atoms with van der Waals surface area (Å²) < 4.78 is 44.0. The minimum atomic E-state index is -4.62. The van der Waals surface area contributed by atoms with Crippen molar-refractivity contribution in [2.24, 2.45) is 5.10 Å². The van der Waals surface area contributed by atoms with Crippen LogP contribution in [0.25, 0.3) is 0 Å². The standard InChI is InChI=1S/C25H26N4O8S/c1-4-37-19-11-9-18(10-12-19)16-26-27-25(30)17-28(21-14-13-20(35-2)15-23(21)36-3)38(33,34)24-8-6-5-7-22(24)29(31)32/h5-16H,4,17H2,1-3H3,(H,27,30)/b26-16+. The average Bonchev–Trinajstić information content (AvgIpc) is 2.92. The highest BCUT2D eigenvalue weighted by Gasteiger charge is 2.34. The van der Waals surface area contributed by atoms with Crippen molar-refractivity contribution in [1.29, 1.82) is 0 Å². The van der Waals surface area contributed by atoms with Gasteiger partial charge in [-0.1, -0.05) is 12.1 Å². The Morgan fingerprint density at radius 2 is 1.74 bits per heavy atom. The summed E-state index contributed by atoms with van der Waals surface area (Å²) in [7, 11) is -1.88. The van der Waals surface area contributed by atoms with Gasteiger partial charge < -0.3 is 14.2 Å². The second kappa shape index (κ2) is 12.5. The van der Waals surface area contributed by atoms with Crippen LogP contribution in [0, 0.1) is 10.1 Å². The van der Waals surface area contributed by atoms with Gasteiger partial charge in [0, 0.05) is 12.1 Å². The zero-order valence-electron chi connectivity index (χ0n) is 20.9. The molecule has 1 amide bonds. The first-order valence-corrected chi connectivity index (χ1v) is 12.7. The van der Waals surface area contributed by atoms with Gasteiger partial charge in [0.1, 0.15) is 23.8 Å². The molecule has 38 heavy (non-hydrogen) atoms. The van der Waals surface area contributed by atoms with Crippen molar-refractivity contribution >= 4 is 33.5 Å². The van der Waals surface area contributed by atoms with E-state index < -0.39 is 38.0 Å². The quantitative estimate of drug-likeness (QED) is 0.208. The topological polar surface area (TPSA) is 150 Å². The molecule has 0 saturated heterocycles. The number of carbonyl (C=O) groups is 1. The van der Waals surface area contributed by atoms with Crippen molar-refractivity contribution in [1.82, 2.24) is 5.43 Å². The van der Waals surface area contributed by atoms with Crippen molar-refractivity contribution in [2.45, 2.75) is 11.8 Å². The van der Waals surface area contributed by atoms with E-state index in [0.29, 0.717) is 23.7 Å². The maximum Gasteiger partial charge on any atom is 0.289 e. The van der Waals surface area contributed by atoms with E-state index in [4.69, 9.17) is 14.2 Å². The lowest BCUT2D eigenvalue weighted by atomic mass is 10.2. The highest BCUT2D eigenvalue weighted by atomic mass is 32.2. The van der Waals surface area contributed by atoms with Crippen molar-refractivity contribution in [3.63, 3.8) is 0 Å². The Labute approximate surface area is 219 Å². The van der Waals surface area contributed by atoms with Crippen LogP contribution in [0.15, 0.2) is 76.7 Å². The van der Waals surface area contributed by atoms with Gasteiger partial charge in [0.25, 0.3) is 21.6 Å². The molecular formula is C25H26N4O8S. The van der Waals surface area contributed by atoms with Crippen LogP contribution in [0.2, 0.25) is 0 Å². The fourth-order valence-corrected chi connectivity index (χ4v) is 4.99. The second-order valence-corrected chi connectivity index (χ2v) is 9.40. The lowest BCUT2D eigenvalue weighted by Gasteiger charge is -2.25. The van der Waals surface area contributed by atoms with E-state index in [1.54, 1.807) is 24.3 Å². The van der Waals surface area contributed by atoms with E-state index in [2.05, 4.69) is 10.5 Å². The van der Waals surface area contributed by atoms with Crippen molar-refractivity contribution in [2.75, 3.05) is 31.7 Å². The summed E-state index contributed by atoms with van der Waals surface area (Å²) in [6.45, 7) is 1.64. The number of ether oxygens (including phenoxy) is 3. The number of para-hydroxylation sites is 1. The molecular weight excluding hydrogens is 516 g/mol. The number of rotatable bonds is 12. The zero-order valence-corrected chi connectivity index (χ0v) is 21.7. The molecule has 0 spiro atoms. The number of carbonyl (C=O) groups excluding carboxylic acids is 1. The number of benzene rings is 3. The first kappa shape index (κ1) is 27.9. The van der Waals surface area contributed by atoms with Crippen LogP contribution in [-0.2, 0) is 14.8 Å². The molecule has 200 valence electrons. The van der Waals surface area contributed by atoms with E-state index in [0.717, 1.165) is 16.4 Å². The van der Waals surface area contributed by atoms with Crippen molar-refractivity contribution in [3.8, 4) is 17.2 Å². The van der Waals surface area contributed by atoms with Crippen LogP contribution in [0.3, 0.4) is 0 Å². The molecule has 0 radical (unpaired) electrons. The largest absolute Gasteiger partial charge is 0.497 e. The number of nitrogens with zero attached hydrogens (tertiary/aromatic N) is 3. The fraction of sp³-hybridized carbons (Fsp3) is 0.200. The van der Waals surface area contributed by atoms with Gasteiger partial charge in [-0.15, -0.1) is 0 Å². The van der Waals surface area contributed by atoms with Crippen molar-refractivity contribution < 1.29 is 32.3 Å². The Morgan fingerprint density at radius 3 is 2.37 bits per heavy atom. The van der Waals surface area contributed by atoms with Gasteiger partial charge in [0.05, 0.1) is 37.7 Å². The minimum Gasteiger partial charge on any atom is -0.497 e. The molecule has 0 fully saturated rings. The molecule has 3 rings (SSSR count). The fourth-order valence-electron chi connectivity index (χ4n) is 3.40. The summed E-state index contributed by atoms with van der Waals surface area (Å²) in [6.07, 6.45) is 1.38. The van der Waals surface area contributed by atoms with Crippen LogP contribution >= 0.6 is 0 Å². The number of nitrogens with one attached hydrogen (secondary N) is 1. The Kier molecular flexibility index (Phi) is 9.22. The third kappa shape index (κ3) is 6.56. The van der Waals surface area contributed by atoms with E-state index in [1.807, 2.05) is 6.92 Å². The van der Waals surface area contributed by atoms with Crippen molar-refractivity contribution in [3.05, 3.63) is 82.4 Å². The number of hydrogen-bond acceptors (Lipinski definition) is 9. The molecule has 0 atom stereocenters. The predicted molar refractivity (Wildman–Crippen MR) is 141 cm³/mol. The lowest BCUT2D eigenvalue weighted by molar-refractivity contribution is -0.387. The van der Waals surface area contributed by atoms with Gasteiger partial charge in [-0.05, 0) is 55.0 Å². The SMILES string of the molecule is CCOc1ccc(/C=N/NC(=O)CN(c2ccc(OC)cc2OC)S(=O)(=O)c2ccccc2[N+](=O)[O-])cc1. The molecule has 3 aromatic carbocycles. The Morgan fingerprint density at radius 1 is 1.05 bits per heavy atom. The van der Waals surface area contributed by atoms with Gasteiger partial charge >= 0.3 is 0 Å². The summed E-state index contributed by atoms with van der Waals surface area (Å²) >= 11 is 0. The first-order valence-electron chi connectivity index (χ1n) is 11.2. The number of hydrogen-bond donors (Lipinski definition) is 1. The Hall–Kier alpha value is -4.65. The maximum absolute atomic E-state index is 13.7. The van der Waals surface area contributed by atoms with E-state index in [1.165, 1.54) is 50.8 Å². The molecule has 13 heteroatoms. The highest BCUT2D eigenvalue weighted by molar-refractivity contribution is 7.93. The summed E-state index contributed by atoms with van der Waals surface area (Å²) in [5.74, 6) is 0.320. The average molecular weight is 543 g/mol. The van der Waals surface area contributed by atoms with Crippen LogP contribution < -0.4 is 23.9 Å². The molecule has 3 aromatic rings. The second-order valence-electron chi connectivity index (χ2n) is 7.57. The number of amides is 1. The molecule has 1 N–H and O–H groups in total. The summed E-state index contributed by atoms with van der Waals surface area (Å²) in [6, 6.07) is 16.1. The smallest absolute Gasteiger partial charge is 0.289 e. The van der Waals surface area contributed by atoms with Crippen LogP contribution in [0.1, 0.15) is 12.5 Å².